The molecule has 1 aromatic rings. The van der Waals surface area contributed by atoms with Gasteiger partial charge in [0.05, 0.1) is 0 Å². The van der Waals surface area contributed by atoms with Gasteiger partial charge in [0.15, 0.2) is 0 Å². The highest BCUT2D eigenvalue weighted by molar-refractivity contribution is 5.50. The maximum absolute atomic E-state index is 10.6. The van der Waals surface area contributed by atoms with Crippen molar-refractivity contribution in [3.05, 3.63) is 47.1 Å². The third-order valence-corrected chi connectivity index (χ3v) is 5.49. The Kier molecular flexibility index (Phi) is 7.16. The van der Waals surface area contributed by atoms with Gasteiger partial charge < -0.3 is 10.2 Å². The van der Waals surface area contributed by atoms with Gasteiger partial charge in [0.2, 0.25) is 0 Å². The van der Waals surface area contributed by atoms with Crippen LogP contribution in [0.5, 0.6) is 11.5 Å². The molecular weight excluding hydrogens is 308 g/mol. The number of phenols is 2. The van der Waals surface area contributed by atoms with Gasteiger partial charge in [-0.3, -0.25) is 0 Å². The third-order valence-electron chi connectivity index (χ3n) is 5.49. The SMILES string of the molecule is C=C(C)C1CCC(C)=C[C@H]1c1c(O)cc(O)cc1CCCCCCC. The predicted molar refractivity (Wildman–Crippen MR) is 106 cm³/mol. The normalized spacial score (nSPS) is 20.4. The highest BCUT2D eigenvalue weighted by Gasteiger charge is 2.29. The monoisotopic (exact) mass is 342 g/mol. The zero-order valence-electron chi connectivity index (χ0n) is 16.1. The van der Waals surface area contributed by atoms with E-state index in [0.29, 0.717) is 5.92 Å². The van der Waals surface area contributed by atoms with Crippen LogP contribution in [0.3, 0.4) is 0 Å². The second-order valence-electron chi connectivity index (χ2n) is 7.73. The molecule has 0 saturated carbocycles. The van der Waals surface area contributed by atoms with Gasteiger partial charge in [0.25, 0.3) is 0 Å². The average molecular weight is 343 g/mol. The number of benzene rings is 1. The molecule has 2 atom stereocenters. The molecular formula is C23H34O2. The van der Waals surface area contributed by atoms with E-state index in [2.05, 4.69) is 33.4 Å². The summed E-state index contributed by atoms with van der Waals surface area (Å²) in [5, 5.41) is 20.6. The van der Waals surface area contributed by atoms with E-state index in [1.807, 2.05) is 6.07 Å². The third kappa shape index (κ3) is 5.14. The van der Waals surface area contributed by atoms with Crippen molar-refractivity contribution in [2.45, 2.75) is 78.1 Å². The second kappa shape index (κ2) is 9.12. The number of hydrogen-bond acceptors (Lipinski definition) is 2. The maximum atomic E-state index is 10.6. The Balaban J connectivity index is 2.31. The Hall–Kier alpha value is -1.70. The number of aryl methyl sites for hydroxylation is 1. The van der Waals surface area contributed by atoms with Crippen LogP contribution < -0.4 is 0 Å². The van der Waals surface area contributed by atoms with Gasteiger partial charge in [-0.15, -0.1) is 0 Å². The van der Waals surface area contributed by atoms with Crippen molar-refractivity contribution in [3.8, 4) is 11.5 Å². The molecule has 0 spiro atoms. The summed E-state index contributed by atoms with van der Waals surface area (Å²) in [7, 11) is 0. The zero-order valence-corrected chi connectivity index (χ0v) is 16.1. The lowest BCUT2D eigenvalue weighted by atomic mass is 9.72. The van der Waals surface area contributed by atoms with Crippen LogP contribution in [0.1, 0.15) is 82.8 Å². The lowest BCUT2D eigenvalue weighted by molar-refractivity contribution is 0.423. The minimum atomic E-state index is 0.160. The molecule has 2 nitrogen and oxygen atoms in total. The van der Waals surface area contributed by atoms with Crippen LogP contribution >= 0.6 is 0 Å². The van der Waals surface area contributed by atoms with Crippen molar-refractivity contribution in [2.75, 3.05) is 0 Å². The topological polar surface area (TPSA) is 40.5 Å². The molecule has 0 bridgehead atoms. The number of rotatable bonds is 8. The summed E-state index contributed by atoms with van der Waals surface area (Å²) in [5.74, 6) is 0.912. The molecule has 138 valence electrons. The minimum Gasteiger partial charge on any atom is -0.508 e. The Morgan fingerprint density at radius 3 is 2.56 bits per heavy atom. The van der Waals surface area contributed by atoms with E-state index in [0.717, 1.165) is 36.8 Å². The molecule has 1 unspecified atom stereocenters. The lowest BCUT2D eigenvalue weighted by Crippen LogP contribution is -2.18. The first kappa shape index (κ1) is 19.6. The molecule has 25 heavy (non-hydrogen) atoms. The largest absolute Gasteiger partial charge is 0.508 e. The van der Waals surface area contributed by atoms with Gasteiger partial charge in [-0.05, 0) is 57.1 Å². The van der Waals surface area contributed by atoms with Crippen LogP contribution in [0.15, 0.2) is 35.9 Å². The minimum absolute atomic E-state index is 0.160. The Labute approximate surface area is 153 Å². The first-order valence-electron chi connectivity index (χ1n) is 9.81. The smallest absolute Gasteiger partial charge is 0.123 e. The summed E-state index contributed by atoms with van der Waals surface area (Å²) in [6, 6.07) is 3.34. The van der Waals surface area contributed by atoms with Crippen LogP contribution in [-0.2, 0) is 6.42 Å². The Morgan fingerprint density at radius 2 is 1.88 bits per heavy atom. The highest BCUT2D eigenvalue weighted by Crippen LogP contribution is 2.45. The number of allylic oxidation sites excluding steroid dienone is 3. The van der Waals surface area contributed by atoms with Crippen LogP contribution in [0.4, 0.5) is 0 Å². The van der Waals surface area contributed by atoms with E-state index in [9.17, 15) is 10.2 Å². The molecule has 1 aromatic carbocycles. The van der Waals surface area contributed by atoms with Gasteiger partial charge in [-0.1, -0.05) is 56.4 Å². The number of aromatic hydroxyl groups is 2. The average Bonchev–Trinajstić information content (AvgIpc) is 2.53. The quantitative estimate of drug-likeness (QED) is 0.411. The molecule has 0 amide bonds. The Morgan fingerprint density at radius 1 is 1.16 bits per heavy atom. The van der Waals surface area contributed by atoms with E-state index < -0.39 is 0 Å². The number of phenolic OH excluding ortho intramolecular Hbond substituents is 2. The predicted octanol–water partition coefficient (Wildman–Crippen LogP) is 6.63. The molecule has 0 aromatic heterocycles. The van der Waals surface area contributed by atoms with Gasteiger partial charge >= 0.3 is 0 Å². The fraction of sp³-hybridized carbons (Fsp3) is 0.565. The van der Waals surface area contributed by atoms with Crippen molar-refractivity contribution >= 4 is 0 Å². The Bertz CT molecular complexity index is 627. The van der Waals surface area contributed by atoms with E-state index in [1.165, 1.54) is 42.9 Å². The maximum Gasteiger partial charge on any atom is 0.123 e. The fourth-order valence-corrected chi connectivity index (χ4v) is 4.10. The molecule has 2 rings (SSSR count). The van der Waals surface area contributed by atoms with Crippen LogP contribution in [0, 0.1) is 5.92 Å². The van der Waals surface area contributed by atoms with Gasteiger partial charge in [-0.2, -0.15) is 0 Å². The number of unbranched alkanes of at least 4 members (excludes halogenated alkanes) is 4. The molecule has 0 aliphatic heterocycles. The summed E-state index contributed by atoms with van der Waals surface area (Å²) in [6.07, 6.45) is 11.5. The summed E-state index contributed by atoms with van der Waals surface area (Å²) in [6.45, 7) is 10.7. The molecule has 2 heteroatoms. The van der Waals surface area contributed by atoms with E-state index in [4.69, 9.17) is 0 Å². The van der Waals surface area contributed by atoms with E-state index in [1.54, 1.807) is 0 Å². The first-order valence-corrected chi connectivity index (χ1v) is 9.81. The summed E-state index contributed by atoms with van der Waals surface area (Å²) in [5.41, 5.74) is 4.65. The van der Waals surface area contributed by atoms with Crippen molar-refractivity contribution in [1.29, 1.82) is 0 Å². The van der Waals surface area contributed by atoms with Crippen molar-refractivity contribution < 1.29 is 10.2 Å². The highest BCUT2D eigenvalue weighted by atomic mass is 16.3. The molecule has 0 radical (unpaired) electrons. The van der Waals surface area contributed by atoms with Gasteiger partial charge in [-0.25, -0.2) is 0 Å². The van der Waals surface area contributed by atoms with E-state index >= 15 is 0 Å². The molecule has 0 saturated heterocycles. The van der Waals surface area contributed by atoms with Crippen LogP contribution in [-0.4, -0.2) is 10.2 Å². The molecule has 0 fully saturated rings. The molecule has 1 aliphatic carbocycles. The lowest BCUT2D eigenvalue weighted by Gasteiger charge is -2.32. The summed E-state index contributed by atoms with van der Waals surface area (Å²) < 4.78 is 0. The van der Waals surface area contributed by atoms with Gasteiger partial charge in [0, 0.05) is 17.5 Å². The van der Waals surface area contributed by atoms with E-state index in [-0.39, 0.29) is 17.4 Å². The van der Waals surface area contributed by atoms with Crippen molar-refractivity contribution in [3.63, 3.8) is 0 Å². The van der Waals surface area contributed by atoms with Crippen LogP contribution in [0.2, 0.25) is 0 Å². The second-order valence-corrected chi connectivity index (χ2v) is 7.73. The van der Waals surface area contributed by atoms with Crippen LogP contribution in [0.25, 0.3) is 0 Å². The standard InChI is InChI=1S/C23H34O2/c1-5-6-7-8-9-10-18-14-19(24)15-22(25)23(18)21-13-17(4)11-12-20(21)16(2)3/h13-15,20-21,24-25H,2,5-12H2,1,3-4H3/t20?,21-/m1/s1. The number of hydrogen-bond donors (Lipinski definition) is 2. The zero-order chi connectivity index (χ0) is 18.4. The first-order chi connectivity index (χ1) is 11.9. The molecule has 2 N–H and O–H groups in total. The van der Waals surface area contributed by atoms with Crippen molar-refractivity contribution in [2.24, 2.45) is 5.92 Å². The fourth-order valence-electron chi connectivity index (χ4n) is 4.10. The summed E-state index contributed by atoms with van der Waals surface area (Å²) >= 11 is 0. The molecule has 1 aliphatic rings. The van der Waals surface area contributed by atoms with Crippen molar-refractivity contribution in [1.82, 2.24) is 0 Å². The molecule has 0 heterocycles. The van der Waals surface area contributed by atoms with Gasteiger partial charge in [0.1, 0.15) is 11.5 Å². The summed E-state index contributed by atoms with van der Waals surface area (Å²) in [4.78, 5) is 0.